The Morgan fingerprint density at radius 3 is 2.40 bits per heavy atom. The number of halogens is 2. The maximum absolute atomic E-state index is 12.8. The number of hydrogen-bond donors (Lipinski definition) is 1. The Balaban J connectivity index is 1.96. The number of nitrogens with one attached hydrogen (secondary N) is 1. The summed E-state index contributed by atoms with van der Waals surface area (Å²) in [5, 5.41) is 3.17. The van der Waals surface area contributed by atoms with Gasteiger partial charge in [0.05, 0.1) is 16.1 Å². The zero-order chi connectivity index (χ0) is 18.0. The van der Waals surface area contributed by atoms with E-state index >= 15 is 0 Å². The second-order valence-electron chi connectivity index (χ2n) is 5.15. The number of fused-ring (bicyclic) bond motifs is 1. The predicted octanol–water partition coefficient (Wildman–Crippen LogP) is 3.48. The molecule has 3 aromatic rings. The number of pyridine rings is 1. The molecule has 1 aromatic heterocycles. The number of carbonyl (C=O) groups is 1. The molecule has 1 heterocycles. The molecule has 5 nitrogen and oxygen atoms in total. The minimum absolute atomic E-state index is 0.0444. The van der Waals surface area contributed by atoms with Crippen LogP contribution in [0, 0.1) is 0 Å². The second-order valence-corrected chi connectivity index (χ2v) is 7.03. The van der Waals surface area contributed by atoms with Crippen molar-refractivity contribution in [2.75, 3.05) is 5.32 Å². The summed E-state index contributed by atoms with van der Waals surface area (Å²) in [6.07, 6.45) is 0. The standard InChI is InChI=1S/C17H12F2N2O3S/c18-17(19)25(23,24)15-8-4-3-7-13(15)21-16(22)14-10-9-11-5-1-2-6-12(11)20-14/h1-10,17H,(H,21,22). The van der Waals surface area contributed by atoms with E-state index in [4.69, 9.17) is 0 Å². The number of hydrogen-bond acceptors (Lipinski definition) is 4. The minimum Gasteiger partial charge on any atom is -0.319 e. The van der Waals surface area contributed by atoms with Gasteiger partial charge in [-0.1, -0.05) is 36.4 Å². The van der Waals surface area contributed by atoms with Crippen LogP contribution in [0.25, 0.3) is 10.9 Å². The van der Waals surface area contributed by atoms with Gasteiger partial charge in [-0.2, -0.15) is 8.78 Å². The number of carbonyl (C=O) groups excluding carboxylic acids is 1. The maximum atomic E-state index is 12.8. The molecular weight excluding hydrogens is 350 g/mol. The lowest BCUT2D eigenvalue weighted by Gasteiger charge is -2.11. The number of anilines is 1. The van der Waals surface area contributed by atoms with Crippen molar-refractivity contribution in [2.24, 2.45) is 0 Å². The summed E-state index contributed by atoms with van der Waals surface area (Å²) in [7, 11) is -4.84. The molecule has 0 bridgehead atoms. The Kier molecular flexibility index (Phi) is 4.45. The van der Waals surface area contributed by atoms with Crippen molar-refractivity contribution >= 4 is 32.3 Å². The molecule has 0 aliphatic carbocycles. The molecule has 0 fully saturated rings. The normalized spacial score (nSPS) is 11.6. The van der Waals surface area contributed by atoms with Gasteiger partial charge < -0.3 is 5.32 Å². The van der Waals surface area contributed by atoms with Gasteiger partial charge in [-0.15, -0.1) is 0 Å². The van der Waals surface area contributed by atoms with Crippen molar-refractivity contribution < 1.29 is 22.0 Å². The molecule has 8 heteroatoms. The van der Waals surface area contributed by atoms with Gasteiger partial charge in [-0.3, -0.25) is 4.79 Å². The van der Waals surface area contributed by atoms with E-state index in [9.17, 15) is 22.0 Å². The zero-order valence-electron chi connectivity index (χ0n) is 12.7. The highest BCUT2D eigenvalue weighted by Crippen LogP contribution is 2.26. The van der Waals surface area contributed by atoms with Gasteiger partial charge in [-0.05, 0) is 24.3 Å². The summed E-state index contributed by atoms with van der Waals surface area (Å²) in [6, 6.07) is 15.3. The van der Waals surface area contributed by atoms with Gasteiger partial charge >= 0.3 is 5.76 Å². The summed E-state index contributed by atoms with van der Waals surface area (Å²) in [6.45, 7) is 0. The molecule has 0 saturated carbocycles. The molecule has 0 atom stereocenters. The molecule has 0 saturated heterocycles. The van der Waals surface area contributed by atoms with Crippen molar-refractivity contribution in [1.82, 2.24) is 4.98 Å². The average molecular weight is 362 g/mol. The topological polar surface area (TPSA) is 76.1 Å². The molecule has 3 rings (SSSR count). The lowest BCUT2D eigenvalue weighted by Crippen LogP contribution is -2.18. The lowest BCUT2D eigenvalue weighted by atomic mass is 10.2. The number of alkyl halides is 2. The Morgan fingerprint density at radius 2 is 1.64 bits per heavy atom. The molecule has 0 radical (unpaired) electrons. The summed E-state index contributed by atoms with van der Waals surface area (Å²) in [5.41, 5.74) is 0.411. The highest BCUT2D eigenvalue weighted by molar-refractivity contribution is 7.91. The molecule has 2 aromatic carbocycles. The molecule has 0 unspecified atom stereocenters. The first kappa shape index (κ1) is 17.0. The van der Waals surface area contributed by atoms with Crippen molar-refractivity contribution in [1.29, 1.82) is 0 Å². The van der Waals surface area contributed by atoms with Crippen LogP contribution in [-0.4, -0.2) is 25.1 Å². The largest absolute Gasteiger partial charge is 0.341 e. The van der Waals surface area contributed by atoms with E-state index in [1.807, 2.05) is 12.1 Å². The maximum Gasteiger partial charge on any atom is 0.341 e. The van der Waals surface area contributed by atoms with Crippen LogP contribution < -0.4 is 5.32 Å². The number of benzene rings is 2. The van der Waals surface area contributed by atoms with E-state index in [0.29, 0.717) is 5.52 Å². The number of aromatic nitrogens is 1. The first-order valence-electron chi connectivity index (χ1n) is 7.18. The van der Waals surface area contributed by atoms with E-state index in [-0.39, 0.29) is 11.4 Å². The SMILES string of the molecule is O=C(Nc1ccccc1S(=O)(=O)C(F)F)c1ccc2ccccc2n1. The lowest BCUT2D eigenvalue weighted by molar-refractivity contribution is 0.102. The van der Waals surface area contributed by atoms with E-state index in [0.717, 1.165) is 11.5 Å². The molecule has 0 aliphatic heterocycles. The van der Waals surface area contributed by atoms with Crippen LogP contribution in [0.15, 0.2) is 65.6 Å². The van der Waals surface area contributed by atoms with Crippen molar-refractivity contribution in [2.45, 2.75) is 10.7 Å². The molecule has 25 heavy (non-hydrogen) atoms. The fraction of sp³-hybridized carbons (Fsp3) is 0.0588. The van der Waals surface area contributed by atoms with Gasteiger partial charge in [0.2, 0.25) is 9.84 Å². The Bertz CT molecular complexity index is 1050. The molecule has 0 spiro atoms. The summed E-state index contributed by atoms with van der Waals surface area (Å²) >= 11 is 0. The monoisotopic (exact) mass is 362 g/mol. The third kappa shape index (κ3) is 3.34. The minimum atomic E-state index is -4.84. The van der Waals surface area contributed by atoms with Gasteiger partial charge in [0, 0.05) is 5.39 Å². The molecular formula is C17H12F2N2O3S. The van der Waals surface area contributed by atoms with Crippen LogP contribution in [0.2, 0.25) is 0 Å². The number of nitrogens with zero attached hydrogens (tertiary/aromatic N) is 1. The fourth-order valence-electron chi connectivity index (χ4n) is 2.29. The van der Waals surface area contributed by atoms with Gasteiger partial charge in [0.1, 0.15) is 5.69 Å². The Labute approximate surface area is 142 Å². The van der Waals surface area contributed by atoms with Crippen LogP contribution in [-0.2, 0) is 9.84 Å². The summed E-state index contributed by atoms with van der Waals surface area (Å²) in [5.74, 6) is -4.27. The second kappa shape index (κ2) is 6.56. The summed E-state index contributed by atoms with van der Waals surface area (Å²) in [4.78, 5) is 15.9. The quantitative estimate of drug-likeness (QED) is 0.771. The highest BCUT2D eigenvalue weighted by atomic mass is 32.2. The smallest absolute Gasteiger partial charge is 0.319 e. The number of rotatable bonds is 4. The molecule has 1 amide bonds. The van der Waals surface area contributed by atoms with Crippen molar-refractivity contribution in [3.05, 3.63) is 66.4 Å². The van der Waals surface area contributed by atoms with Crippen LogP contribution in [0.4, 0.5) is 14.5 Å². The van der Waals surface area contributed by atoms with Crippen LogP contribution in [0.1, 0.15) is 10.5 Å². The molecule has 128 valence electrons. The zero-order valence-corrected chi connectivity index (χ0v) is 13.5. The molecule has 1 N–H and O–H groups in total. The molecule has 0 aliphatic rings. The average Bonchev–Trinajstić information content (AvgIpc) is 2.61. The fourth-order valence-corrected chi connectivity index (χ4v) is 3.18. The number of para-hydroxylation sites is 2. The Morgan fingerprint density at radius 1 is 0.960 bits per heavy atom. The predicted molar refractivity (Wildman–Crippen MR) is 89.3 cm³/mol. The Hall–Kier alpha value is -2.87. The van der Waals surface area contributed by atoms with E-state index in [2.05, 4.69) is 10.3 Å². The number of amides is 1. The van der Waals surface area contributed by atoms with Gasteiger partial charge in [-0.25, -0.2) is 13.4 Å². The third-order valence-electron chi connectivity index (χ3n) is 3.51. The van der Waals surface area contributed by atoms with E-state index in [1.165, 1.54) is 24.3 Å². The summed E-state index contributed by atoms with van der Waals surface area (Å²) < 4.78 is 49.1. The van der Waals surface area contributed by atoms with Crippen LogP contribution >= 0.6 is 0 Å². The van der Waals surface area contributed by atoms with Crippen molar-refractivity contribution in [3.8, 4) is 0 Å². The number of sulfone groups is 1. The van der Waals surface area contributed by atoms with Gasteiger partial charge in [0.15, 0.2) is 0 Å². The van der Waals surface area contributed by atoms with E-state index < -0.39 is 26.4 Å². The van der Waals surface area contributed by atoms with Crippen LogP contribution in [0.5, 0.6) is 0 Å². The van der Waals surface area contributed by atoms with Gasteiger partial charge in [0.25, 0.3) is 5.91 Å². The first-order chi connectivity index (χ1) is 11.9. The van der Waals surface area contributed by atoms with E-state index in [1.54, 1.807) is 18.2 Å². The third-order valence-corrected chi connectivity index (χ3v) is 4.95. The first-order valence-corrected chi connectivity index (χ1v) is 8.72. The van der Waals surface area contributed by atoms with Crippen LogP contribution in [0.3, 0.4) is 0 Å². The van der Waals surface area contributed by atoms with Crippen molar-refractivity contribution in [3.63, 3.8) is 0 Å². The highest BCUT2D eigenvalue weighted by Gasteiger charge is 2.29.